The summed E-state index contributed by atoms with van der Waals surface area (Å²) in [5.74, 6) is -0.459. The molecule has 0 bridgehead atoms. The van der Waals surface area contributed by atoms with Crippen LogP contribution in [0.25, 0.3) is 0 Å². The van der Waals surface area contributed by atoms with E-state index in [9.17, 15) is 12.8 Å². The molecular formula is C13H19FN2O3S. The summed E-state index contributed by atoms with van der Waals surface area (Å²) in [6, 6.07) is 3.38. The van der Waals surface area contributed by atoms with Gasteiger partial charge in [0, 0.05) is 25.4 Å². The van der Waals surface area contributed by atoms with Crippen molar-refractivity contribution in [3.8, 4) is 0 Å². The minimum Gasteiger partial charge on any atom is -0.399 e. The van der Waals surface area contributed by atoms with E-state index in [1.54, 1.807) is 6.92 Å². The third kappa shape index (κ3) is 3.28. The van der Waals surface area contributed by atoms with E-state index in [1.807, 2.05) is 0 Å². The molecule has 2 N–H and O–H groups in total. The van der Waals surface area contributed by atoms with E-state index in [0.717, 1.165) is 18.6 Å². The number of nitrogen functional groups attached to an aromatic ring is 1. The Hall–Kier alpha value is -1.18. The standard InChI is InChI=1S/C13H19FN2O3S/c1-2-16(8-10-3-4-19-9-10)20(17,18)13-6-11(14)5-12(15)7-13/h5-7,10H,2-4,8-9,15H2,1H3. The normalized spacial score (nSPS) is 19.6. The van der Waals surface area contributed by atoms with E-state index in [1.165, 1.54) is 10.4 Å². The van der Waals surface area contributed by atoms with Crippen molar-refractivity contribution in [2.24, 2.45) is 5.92 Å². The first-order chi connectivity index (χ1) is 9.43. The Morgan fingerprint density at radius 3 is 2.75 bits per heavy atom. The van der Waals surface area contributed by atoms with Crippen LogP contribution >= 0.6 is 0 Å². The van der Waals surface area contributed by atoms with Crippen LogP contribution in [0.3, 0.4) is 0 Å². The Kier molecular flexibility index (Phi) is 4.62. The number of sulfonamides is 1. The van der Waals surface area contributed by atoms with Crippen molar-refractivity contribution in [1.29, 1.82) is 0 Å². The number of hydrogen-bond donors (Lipinski definition) is 1. The fourth-order valence-corrected chi connectivity index (χ4v) is 3.89. The zero-order valence-electron chi connectivity index (χ0n) is 11.4. The molecule has 20 heavy (non-hydrogen) atoms. The van der Waals surface area contributed by atoms with Crippen molar-refractivity contribution in [2.75, 3.05) is 32.0 Å². The summed E-state index contributed by atoms with van der Waals surface area (Å²) in [6.07, 6.45) is 0.845. The van der Waals surface area contributed by atoms with Crippen molar-refractivity contribution >= 4 is 15.7 Å². The van der Waals surface area contributed by atoms with Crippen molar-refractivity contribution in [3.05, 3.63) is 24.0 Å². The highest BCUT2D eigenvalue weighted by molar-refractivity contribution is 7.89. The van der Waals surface area contributed by atoms with Crippen LogP contribution in [0, 0.1) is 11.7 Å². The lowest BCUT2D eigenvalue weighted by molar-refractivity contribution is 0.181. The Morgan fingerprint density at radius 1 is 1.45 bits per heavy atom. The molecule has 1 fully saturated rings. The number of benzene rings is 1. The predicted molar refractivity (Wildman–Crippen MR) is 74.2 cm³/mol. The van der Waals surface area contributed by atoms with Gasteiger partial charge in [0.15, 0.2) is 0 Å². The molecule has 0 radical (unpaired) electrons. The van der Waals surface area contributed by atoms with Crippen LogP contribution in [0.1, 0.15) is 13.3 Å². The van der Waals surface area contributed by atoms with Gasteiger partial charge in [-0.15, -0.1) is 0 Å². The second-order valence-electron chi connectivity index (χ2n) is 4.91. The fraction of sp³-hybridized carbons (Fsp3) is 0.538. The van der Waals surface area contributed by atoms with Gasteiger partial charge < -0.3 is 10.5 Å². The van der Waals surface area contributed by atoms with Gasteiger partial charge in [-0.05, 0) is 30.5 Å². The molecule has 1 aliphatic rings. The van der Waals surface area contributed by atoms with Gasteiger partial charge in [0.25, 0.3) is 0 Å². The molecule has 1 aliphatic heterocycles. The van der Waals surface area contributed by atoms with E-state index >= 15 is 0 Å². The first-order valence-corrected chi connectivity index (χ1v) is 8.01. The highest BCUT2D eigenvalue weighted by Gasteiger charge is 2.28. The minimum atomic E-state index is -3.73. The highest BCUT2D eigenvalue weighted by atomic mass is 32.2. The Labute approximate surface area is 118 Å². The summed E-state index contributed by atoms with van der Waals surface area (Å²) in [4.78, 5) is -0.101. The first-order valence-electron chi connectivity index (χ1n) is 6.57. The summed E-state index contributed by atoms with van der Waals surface area (Å²) < 4.78 is 45.0. The fourth-order valence-electron chi connectivity index (χ4n) is 2.29. The molecule has 0 amide bonds. The second-order valence-corrected chi connectivity index (χ2v) is 6.84. The molecule has 0 aromatic heterocycles. The van der Waals surface area contributed by atoms with Crippen LogP contribution < -0.4 is 5.73 Å². The molecule has 7 heteroatoms. The minimum absolute atomic E-state index is 0.101. The predicted octanol–water partition coefficient (Wildman–Crippen LogP) is 1.45. The van der Waals surface area contributed by atoms with E-state index in [0.29, 0.717) is 26.3 Å². The third-order valence-corrected chi connectivity index (χ3v) is 5.29. The molecule has 0 spiro atoms. The number of hydrogen-bond acceptors (Lipinski definition) is 4. The number of anilines is 1. The quantitative estimate of drug-likeness (QED) is 0.836. The number of rotatable bonds is 5. The van der Waals surface area contributed by atoms with Crippen molar-refractivity contribution in [1.82, 2.24) is 4.31 Å². The van der Waals surface area contributed by atoms with Crippen LogP contribution in [-0.4, -0.2) is 39.0 Å². The van der Waals surface area contributed by atoms with Gasteiger partial charge in [0.2, 0.25) is 10.0 Å². The van der Waals surface area contributed by atoms with E-state index < -0.39 is 15.8 Å². The van der Waals surface area contributed by atoms with Crippen LogP contribution in [-0.2, 0) is 14.8 Å². The Bertz CT molecular complexity index is 551. The highest BCUT2D eigenvalue weighted by Crippen LogP contribution is 2.23. The molecule has 1 heterocycles. The Balaban J connectivity index is 2.25. The van der Waals surface area contributed by atoms with Gasteiger partial charge in [0.05, 0.1) is 11.5 Å². The molecular weight excluding hydrogens is 283 g/mol. The smallest absolute Gasteiger partial charge is 0.243 e. The lowest BCUT2D eigenvalue weighted by atomic mass is 10.1. The van der Waals surface area contributed by atoms with Gasteiger partial charge in [0.1, 0.15) is 5.82 Å². The third-order valence-electron chi connectivity index (χ3n) is 3.37. The van der Waals surface area contributed by atoms with Crippen molar-refractivity contribution < 1.29 is 17.5 Å². The zero-order chi connectivity index (χ0) is 14.8. The summed E-state index contributed by atoms with van der Waals surface area (Å²) in [7, 11) is -3.73. The van der Waals surface area contributed by atoms with Gasteiger partial charge >= 0.3 is 0 Å². The molecule has 5 nitrogen and oxygen atoms in total. The van der Waals surface area contributed by atoms with Crippen molar-refractivity contribution in [2.45, 2.75) is 18.2 Å². The van der Waals surface area contributed by atoms with E-state index in [2.05, 4.69) is 0 Å². The molecule has 112 valence electrons. The average molecular weight is 302 g/mol. The summed E-state index contributed by atoms with van der Waals surface area (Å²) in [6.45, 7) is 3.70. The van der Waals surface area contributed by atoms with Gasteiger partial charge in [-0.3, -0.25) is 0 Å². The molecule has 1 saturated heterocycles. The van der Waals surface area contributed by atoms with E-state index in [-0.39, 0.29) is 16.5 Å². The summed E-state index contributed by atoms with van der Waals surface area (Å²) >= 11 is 0. The lowest BCUT2D eigenvalue weighted by Gasteiger charge is -2.23. The molecule has 0 saturated carbocycles. The number of halogens is 1. The van der Waals surface area contributed by atoms with Gasteiger partial charge in [-0.1, -0.05) is 6.92 Å². The topological polar surface area (TPSA) is 72.6 Å². The molecule has 1 aromatic carbocycles. The van der Waals surface area contributed by atoms with Crippen LogP contribution in [0.2, 0.25) is 0 Å². The maximum absolute atomic E-state index is 13.3. The van der Waals surface area contributed by atoms with Crippen LogP contribution in [0.4, 0.5) is 10.1 Å². The Morgan fingerprint density at radius 2 is 2.20 bits per heavy atom. The molecule has 1 aromatic rings. The van der Waals surface area contributed by atoms with Gasteiger partial charge in [-0.2, -0.15) is 4.31 Å². The van der Waals surface area contributed by atoms with Crippen LogP contribution in [0.5, 0.6) is 0 Å². The maximum Gasteiger partial charge on any atom is 0.243 e. The monoisotopic (exact) mass is 302 g/mol. The maximum atomic E-state index is 13.3. The number of nitrogens with two attached hydrogens (primary N) is 1. The largest absolute Gasteiger partial charge is 0.399 e. The molecule has 1 atom stereocenters. The van der Waals surface area contributed by atoms with Crippen molar-refractivity contribution in [3.63, 3.8) is 0 Å². The lowest BCUT2D eigenvalue weighted by Crippen LogP contribution is -2.35. The average Bonchev–Trinajstić information content (AvgIpc) is 2.87. The molecule has 1 unspecified atom stereocenters. The van der Waals surface area contributed by atoms with Gasteiger partial charge in [-0.25, -0.2) is 12.8 Å². The zero-order valence-corrected chi connectivity index (χ0v) is 12.2. The SMILES string of the molecule is CCN(CC1CCOC1)S(=O)(=O)c1cc(N)cc(F)c1. The van der Waals surface area contributed by atoms with E-state index in [4.69, 9.17) is 10.5 Å². The summed E-state index contributed by atoms with van der Waals surface area (Å²) in [5.41, 5.74) is 5.62. The first kappa shape index (κ1) is 15.2. The second kappa shape index (κ2) is 6.07. The number of ether oxygens (including phenoxy) is 1. The van der Waals surface area contributed by atoms with Crippen LogP contribution in [0.15, 0.2) is 23.1 Å². The number of nitrogens with zero attached hydrogens (tertiary/aromatic N) is 1. The summed E-state index contributed by atoms with van der Waals surface area (Å²) in [5, 5.41) is 0. The molecule has 0 aliphatic carbocycles. The molecule has 2 rings (SSSR count).